The lowest BCUT2D eigenvalue weighted by Crippen LogP contribution is -2.39. The normalized spacial score (nSPS) is 19.0. The van der Waals surface area contributed by atoms with Crippen molar-refractivity contribution in [3.63, 3.8) is 0 Å². The minimum Gasteiger partial charge on any atom is -0.496 e. The summed E-state index contributed by atoms with van der Waals surface area (Å²) in [5, 5.41) is 3.49. The van der Waals surface area contributed by atoms with Crippen LogP contribution in [0.5, 0.6) is 5.75 Å². The van der Waals surface area contributed by atoms with Crippen LogP contribution in [0.15, 0.2) is 18.2 Å². The first-order valence-electron chi connectivity index (χ1n) is 7.97. The third-order valence-corrected chi connectivity index (χ3v) is 4.49. The topological polar surface area (TPSA) is 41.6 Å². The third kappa shape index (κ3) is 4.62. The van der Waals surface area contributed by atoms with Crippen molar-refractivity contribution in [1.29, 1.82) is 0 Å². The largest absolute Gasteiger partial charge is 0.496 e. The molecule has 4 nitrogen and oxygen atoms in total. The molecule has 0 saturated carbocycles. The number of likely N-dealkylation sites (tertiary alicyclic amines) is 1. The summed E-state index contributed by atoms with van der Waals surface area (Å²) >= 11 is 5.95. The van der Waals surface area contributed by atoms with E-state index in [2.05, 4.69) is 17.1 Å². The summed E-state index contributed by atoms with van der Waals surface area (Å²) in [5.74, 6) is 0.414. The molecule has 5 heteroatoms. The highest BCUT2D eigenvalue weighted by atomic mass is 35.5. The maximum atomic E-state index is 12.2. The Hall–Kier alpha value is -1.26. The van der Waals surface area contributed by atoms with Gasteiger partial charge in [0.2, 0.25) is 0 Å². The number of nitrogens with one attached hydrogen (secondary N) is 1. The lowest BCUT2D eigenvalue weighted by atomic mass is 10.0. The Morgan fingerprint density at radius 3 is 3.00 bits per heavy atom. The van der Waals surface area contributed by atoms with Crippen LogP contribution in [-0.4, -0.2) is 43.6 Å². The quantitative estimate of drug-likeness (QED) is 0.816. The number of piperidine rings is 1. The summed E-state index contributed by atoms with van der Waals surface area (Å²) in [6.07, 6.45) is 4.87. The van der Waals surface area contributed by atoms with E-state index < -0.39 is 0 Å². The fraction of sp³-hybridized carbons (Fsp3) is 0.588. The molecule has 0 bridgehead atoms. The van der Waals surface area contributed by atoms with Gasteiger partial charge in [0.15, 0.2) is 0 Å². The number of benzene rings is 1. The average Bonchev–Trinajstić information content (AvgIpc) is 2.52. The van der Waals surface area contributed by atoms with Crippen molar-refractivity contribution in [2.24, 2.45) is 0 Å². The Morgan fingerprint density at radius 2 is 2.27 bits per heavy atom. The first-order chi connectivity index (χ1) is 10.6. The van der Waals surface area contributed by atoms with E-state index in [0.29, 0.717) is 28.9 Å². The van der Waals surface area contributed by atoms with Gasteiger partial charge in [-0.25, -0.2) is 0 Å². The Balaban J connectivity index is 1.79. The van der Waals surface area contributed by atoms with Crippen molar-refractivity contribution in [3.8, 4) is 5.75 Å². The highest BCUT2D eigenvalue weighted by Gasteiger charge is 2.17. The highest BCUT2D eigenvalue weighted by molar-refractivity contribution is 6.31. The smallest absolute Gasteiger partial charge is 0.255 e. The molecule has 1 N–H and O–H groups in total. The summed E-state index contributed by atoms with van der Waals surface area (Å²) in [6.45, 7) is 5.16. The number of hydrogen-bond acceptors (Lipinski definition) is 3. The van der Waals surface area contributed by atoms with Crippen LogP contribution in [0, 0.1) is 0 Å². The number of hydrogen-bond donors (Lipinski definition) is 1. The van der Waals surface area contributed by atoms with Gasteiger partial charge in [0.1, 0.15) is 5.75 Å². The Labute approximate surface area is 137 Å². The zero-order valence-corrected chi connectivity index (χ0v) is 14.2. The van der Waals surface area contributed by atoms with Gasteiger partial charge in [0, 0.05) is 24.2 Å². The van der Waals surface area contributed by atoms with Gasteiger partial charge in [-0.1, -0.05) is 18.0 Å². The van der Waals surface area contributed by atoms with E-state index in [1.807, 2.05) is 0 Å². The number of rotatable bonds is 6. The van der Waals surface area contributed by atoms with Gasteiger partial charge in [-0.2, -0.15) is 0 Å². The standard InChI is InChI=1S/C17H25ClN2O2/c1-13-6-3-4-10-20(13)11-5-9-19-17(21)15-12-14(18)7-8-16(15)22-2/h7-8,12-13H,3-6,9-11H2,1-2H3,(H,19,21). The average molecular weight is 325 g/mol. The summed E-state index contributed by atoms with van der Waals surface area (Å²) in [5.41, 5.74) is 0.487. The Kier molecular flexibility index (Phi) is 6.52. The minimum atomic E-state index is -0.133. The molecule has 0 spiro atoms. The summed E-state index contributed by atoms with van der Waals surface area (Å²) in [7, 11) is 1.55. The lowest BCUT2D eigenvalue weighted by Gasteiger charge is -2.33. The fourth-order valence-corrected chi connectivity index (χ4v) is 3.10. The van der Waals surface area contributed by atoms with Crippen LogP contribution in [-0.2, 0) is 0 Å². The number of ether oxygens (including phenoxy) is 1. The molecule has 1 heterocycles. The van der Waals surface area contributed by atoms with Crippen molar-refractivity contribution in [3.05, 3.63) is 28.8 Å². The molecule has 0 aromatic heterocycles. The second kappa shape index (κ2) is 8.39. The first-order valence-corrected chi connectivity index (χ1v) is 8.35. The predicted molar refractivity (Wildman–Crippen MR) is 89.8 cm³/mol. The lowest BCUT2D eigenvalue weighted by molar-refractivity contribution is 0.0946. The van der Waals surface area contributed by atoms with Crippen LogP contribution in [0.4, 0.5) is 0 Å². The van der Waals surface area contributed by atoms with Gasteiger partial charge in [0.25, 0.3) is 5.91 Å². The molecule has 1 unspecified atom stereocenters. The van der Waals surface area contributed by atoms with Gasteiger partial charge in [0.05, 0.1) is 12.7 Å². The van der Waals surface area contributed by atoms with Crippen LogP contribution in [0.2, 0.25) is 5.02 Å². The SMILES string of the molecule is COc1ccc(Cl)cc1C(=O)NCCCN1CCCCC1C. The van der Waals surface area contributed by atoms with E-state index >= 15 is 0 Å². The van der Waals surface area contributed by atoms with Gasteiger partial charge < -0.3 is 15.0 Å². The van der Waals surface area contributed by atoms with Crippen molar-refractivity contribution in [2.45, 2.75) is 38.6 Å². The summed E-state index contributed by atoms with van der Waals surface area (Å²) < 4.78 is 5.21. The zero-order valence-electron chi connectivity index (χ0n) is 13.4. The second-order valence-corrected chi connectivity index (χ2v) is 6.27. The second-order valence-electron chi connectivity index (χ2n) is 5.83. The van der Waals surface area contributed by atoms with E-state index in [1.165, 1.54) is 25.8 Å². The molecule has 1 aliphatic rings. The summed E-state index contributed by atoms with van der Waals surface area (Å²) in [6, 6.07) is 5.74. The molecule has 2 rings (SSSR count). The molecule has 1 atom stereocenters. The van der Waals surface area contributed by atoms with Crippen molar-refractivity contribution in [2.75, 3.05) is 26.7 Å². The maximum absolute atomic E-state index is 12.2. The molecule has 22 heavy (non-hydrogen) atoms. The van der Waals surface area contributed by atoms with Crippen molar-refractivity contribution >= 4 is 17.5 Å². The molecule has 1 aromatic rings. The van der Waals surface area contributed by atoms with E-state index in [0.717, 1.165) is 13.0 Å². The Bertz CT molecular complexity index is 507. The molecule has 1 saturated heterocycles. The van der Waals surface area contributed by atoms with Gasteiger partial charge in [-0.05, 0) is 50.9 Å². The first kappa shape index (κ1) is 17.1. The van der Waals surface area contributed by atoms with Crippen LogP contribution < -0.4 is 10.1 Å². The van der Waals surface area contributed by atoms with Crippen LogP contribution in [0.3, 0.4) is 0 Å². The molecule has 0 radical (unpaired) electrons. The maximum Gasteiger partial charge on any atom is 0.255 e. The minimum absolute atomic E-state index is 0.133. The van der Waals surface area contributed by atoms with E-state index in [-0.39, 0.29) is 5.91 Å². The number of nitrogens with zero attached hydrogens (tertiary/aromatic N) is 1. The molecule has 1 amide bonds. The zero-order chi connectivity index (χ0) is 15.9. The molecule has 1 fully saturated rings. The molecule has 1 aliphatic heterocycles. The highest BCUT2D eigenvalue weighted by Crippen LogP contribution is 2.22. The molecule has 0 aliphatic carbocycles. The number of halogens is 1. The number of carbonyl (C=O) groups is 1. The van der Waals surface area contributed by atoms with Crippen LogP contribution >= 0.6 is 11.6 Å². The number of carbonyl (C=O) groups excluding carboxylic acids is 1. The number of methoxy groups -OCH3 is 1. The van der Waals surface area contributed by atoms with Crippen molar-refractivity contribution in [1.82, 2.24) is 10.2 Å². The van der Waals surface area contributed by atoms with Gasteiger partial charge in [-0.15, -0.1) is 0 Å². The summed E-state index contributed by atoms with van der Waals surface area (Å²) in [4.78, 5) is 14.7. The predicted octanol–water partition coefficient (Wildman–Crippen LogP) is 3.34. The van der Waals surface area contributed by atoms with Crippen LogP contribution in [0.25, 0.3) is 0 Å². The van der Waals surface area contributed by atoms with E-state index in [1.54, 1.807) is 25.3 Å². The molecule has 1 aromatic carbocycles. The molecular weight excluding hydrogens is 300 g/mol. The molecule has 122 valence electrons. The third-order valence-electron chi connectivity index (χ3n) is 4.25. The number of amides is 1. The Morgan fingerprint density at radius 1 is 1.45 bits per heavy atom. The van der Waals surface area contributed by atoms with Gasteiger partial charge in [-0.3, -0.25) is 4.79 Å². The fourth-order valence-electron chi connectivity index (χ4n) is 2.93. The molecular formula is C17H25ClN2O2. The van der Waals surface area contributed by atoms with Gasteiger partial charge >= 0.3 is 0 Å². The van der Waals surface area contributed by atoms with Crippen molar-refractivity contribution < 1.29 is 9.53 Å². The van der Waals surface area contributed by atoms with E-state index in [4.69, 9.17) is 16.3 Å². The van der Waals surface area contributed by atoms with E-state index in [9.17, 15) is 4.79 Å². The monoisotopic (exact) mass is 324 g/mol. The van der Waals surface area contributed by atoms with Crippen LogP contribution in [0.1, 0.15) is 43.0 Å².